The zero-order valence-corrected chi connectivity index (χ0v) is 25.6. The van der Waals surface area contributed by atoms with Gasteiger partial charge >= 0.3 is 5.97 Å². The monoisotopic (exact) mass is 632 g/mol. The molecule has 44 heavy (non-hydrogen) atoms. The Bertz CT molecular complexity index is 1320. The molecular weight excluding hydrogens is 588 g/mol. The molecule has 0 aliphatic rings. The Morgan fingerprint density at radius 1 is 0.955 bits per heavy atom. The maximum atomic E-state index is 13.6. The lowest BCUT2D eigenvalue weighted by Gasteiger charge is -2.25. The van der Waals surface area contributed by atoms with E-state index in [4.69, 9.17) is 34.8 Å². The number of amides is 3. The Morgan fingerprint density at radius 3 is 2.18 bits per heavy atom. The molecule has 0 aliphatic carbocycles. The highest BCUT2D eigenvalue weighted by atomic mass is 32.1. The first-order valence-corrected chi connectivity index (χ1v) is 14.8. The number of hydrogen-bond acceptors (Lipinski definition) is 8. The minimum absolute atomic E-state index is 0.0305. The van der Waals surface area contributed by atoms with E-state index in [2.05, 4.69) is 26.3 Å². The van der Waals surface area contributed by atoms with Gasteiger partial charge in [0, 0.05) is 38.3 Å². The molecule has 4 atom stereocenters. The second kappa shape index (κ2) is 18.4. The van der Waals surface area contributed by atoms with Crippen molar-refractivity contribution in [3.05, 3.63) is 52.6 Å². The van der Waals surface area contributed by atoms with Crippen LogP contribution in [0.3, 0.4) is 0 Å². The Morgan fingerprint density at radius 2 is 1.59 bits per heavy atom. The molecule has 15 nitrogen and oxygen atoms in total. The minimum Gasteiger partial charge on any atom is -0.480 e. The van der Waals surface area contributed by atoms with Gasteiger partial charge in [-0.25, -0.2) is 4.79 Å². The molecule has 3 amide bonds. The molecule has 2 aromatic rings. The van der Waals surface area contributed by atoms with E-state index in [9.17, 15) is 24.3 Å². The summed E-state index contributed by atoms with van der Waals surface area (Å²) in [7, 11) is 1.71. The third-order valence-electron chi connectivity index (χ3n) is 6.97. The lowest BCUT2D eigenvalue weighted by atomic mass is 10.0. The predicted molar refractivity (Wildman–Crippen MR) is 168 cm³/mol. The number of carboxylic acids is 1. The predicted octanol–water partition coefficient (Wildman–Crippen LogP) is -0.874. The molecule has 13 N–H and O–H groups in total. The van der Waals surface area contributed by atoms with E-state index >= 15 is 0 Å². The maximum absolute atomic E-state index is 13.6. The topological polar surface area (TPSA) is 259 Å². The van der Waals surface area contributed by atoms with Crippen molar-refractivity contribution in [1.82, 2.24) is 30.8 Å². The van der Waals surface area contributed by atoms with Gasteiger partial charge in [0.2, 0.25) is 17.7 Å². The average Bonchev–Trinajstić information content (AvgIpc) is 3.30. The van der Waals surface area contributed by atoms with E-state index in [1.807, 2.05) is 0 Å². The van der Waals surface area contributed by atoms with Crippen LogP contribution < -0.4 is 38.5 Å². The molecule has 1 aromatic heterocycles. The summed E-state index contributed by atoms with van der Waals surface area (Å²) in [4.78, 5) is 54.9. The summed E-state index contributed by atoms with van der Waals surface area (Å²) in [6.45, 7) is 0.724. The van der Waals surface area contributed by atoms with Gasteiger partial charge in [-0.05, 0) is 56.4 Å². The number of H-pyrrole nitrogens is 1. The van der Waals surface area contributed by atoms with Crippen LogP contribution in [-0.4, -0.2) is 81.6 Å². The number of benzene rings is 1. The van der Waals surface area contributed by atoms with Gasteiger partial charge in [-0.3, -0.25) is 19.8 Å². The van der Waals surface area contributed by atoms with E-state index in [1.54, 1.807) is 48.1 Å². The molecule has 2 rings (SSSR count). The normalized spacial score (nSPS) is 13.6. The van der Waals surface area contributed by atoms with Gasteiger partial charge in [0.05, 0.1) is 6.04 Å². The average molecular weight is 633 g/mol. The summed E-state index contributed by atoms with van der Waals surface area (Å²) in [5, 5.41) is 27.6. The molecule has 0 radical (unpaired) electrons. The molecule has 0 aliphatic heterocycles. The third kappa shape index (κ3) is 12.1. The number of guanidine groups is 1. The largest absolute Gasteiger partial charge is 0.480 e. The number of aliphatic carboxylic acids is 1. The van der Waals surface area contributed by atoms with Crippen LogP contribution in [0.1, 0.15) is 43.4 Å². The molecule has 0 saturated carbocycles. The number of carboxylic acid groups (broad SMARTS) is 1. The van der Waals surface area contributed by atoms with E-state index in [-0.39, 0.29) is 31.6 Å². The van der Waals surface area contributed by atoms with Crippen LogP contribution in [0.4, 0.5) is 0 Å². The molecule has 0 fully saturated rings. The molecule has 242 valence electrons. The zero-order chi connectivity index (χ0) is 32.6. The van der Waals surface area contributed by atoms with Crippen LogP contribution in [0.15, 0.2) is 36.5 Å². The number of imidazole rings is 1. The molecule has 0 saturated heterocycles. The second-order valence-corrected chi connectivity index (χ2v) is 10.8. The van der Waals surface area contributed by atoms with Crippen molar-refractivity contribution >= 4 is 41.9 Å². The lowest BCUT2D eigenvalue weighted by molar-refractivity contribution is -0.142. The summed E-state index contributed by atoms with van der Waals surface area (Å²) in [5.41, 5.74) is 18.3. The molecular formula is C28H44N10O5S. The number of aromatic amines is 1. The number of carbonyl (C=O) groups excluding carboxylic acids is 3. The highest BCUT2D eigenvalue weighted by Gasteiger charge is 2.31. The smallest absolute Gasteiger partial charge is 0.326 e. The van der Waals surface area contributed by atoms with Crippen LogP contribution in [0, 0.1) is 10.2 Å². The van der Waals surface area contributed by atoms with Crippen molar-refractivity contribution in [3.8, 4) is 0 Å². The highest BCUT2D eigenvalue weighted by molar-refractivity contribution is 7.71. The van der Waals surface area contributed by atoms with Crippen LogP contribution in [0.5, 0.6) is 0 Å². The first-order valence-electron chi connectivity index (χ1n) is 14.4. The highest BCUT2D eigenvalue weighted by Crippen LogP contribution is 2.09. The fourth-order valence-electron chi connectivity index (χ4n) is 4.39. The number of rotatable bonds is 19. The van der Waals surface area contributed by atoms with Gasteiger partial charge < -0.3 is 53.1 Å². The van der Waals surface area contributed by atoms with Crippen molar-refractivity contribution in [2.75, 3.05) is 13.1 Å². The van der Waals surface area contributed by atoms with Crippen LogP contribution in [-0.2, 0) is 39.1 Å². The molecule has 16 heteroatoms. The van der Waals surface area contributed by atoms with Gasteiger partial charge in [-0.2, -0.15) is 0 Å². The Hall–Kier alpha value is -4.28. The van der Waals surface area contributed by atoms with Crippen molar-refractivity contribution in [2.24, 2.45) is 24.2 Å². The number of nitrogens with one attached hydrogen (secondary N) is 6. The van der Waals surface area contributed by atoms with Gasteiger partial charge in [0.25, 0.3) is 0 Å². The SMILES string of the molecule is Cn1c(C[C@H](NC(=O)[C@H](N)CCCNC(=N)N)C(=O)N[C@@H](CCCCN)C(=O)N[C@@H](Cc2ccccc2)C(=O)O)c[nH]c1=S. The summed E-state index contributed by atoms with van der Waals surface area (Å²) < 4.78 is 2.07. The van der Waals surface area contributed by atoms with Crippen LogP contribution >= 0.6 is 12.2 Å². The minimum atomic E-state index is -1.23. The van der Waals surface area contributed by atoms with Gasteiger partial charge in [0.15, 0.2) is 10.7 Å². The van der Waals surface area contributed by atoms with E-state index in [1.165, 1.54) is 0 Å². The van der Waals surface area contributed by atoms with Crippen molar-refractivity contribution < 1.29 is 24.3 Å². The number of nitrogens with two attached hydrogens (primary N) is 3. The van der Waals surface area contributed by atoms with Crippen molar-refractivity contribution in [2.45, 2.75) is 69.1 Å². The first-order chi connectivity index (χ1) is 20.9. The molecule has 1 aromatic carbocycles. The van der Waals surface area contributed by atoms with E-state index in [0.717, 1.165) is 5.56 Å². The molecule has 0 bridgehead atoms. The number of aromatic nitrogens is 2. The van der Waals surface area contributed by atoms with Crippen molar-refractivity contribution in [3.63, 3.8) is 0 Å². The van der Waals surface area contributed by atoms with E-state index in [0.29, 0.717) is 42.8 Å². The summed E-state index contributed by atoms with van der Waals surface area (Å²) >= 11 is 5.23. The Labute approximate surface area is 261 Å². The number of unbranched alkanes of at least 4 members (excludes halogenated alkanes) is 1. The lowest BCUT2D eigenvalue weighted by Crippen LogP contribution is -2.57. The number of carbonyl (C=O) groups is 4. The maximum Gasteiger partial charge on any atom is 0.326 e. The summed E-state index contributed by atoms with van der Waals surface area (Å²) in [5.74, 6) is -3.31. The number of hydrogen-bond donors (Lipinski definition) is 10. The molecule has 0 unspecified atom stereocenters. The van der Waals surface area contributed by atoms with Gasteiger partial charge in [0.1, 0.15) is 18.1 Å². The van der Waals surface area contributed by atoms with E-state index < -0.39 is 47.9 Å². The van der Waals surface area contributed by atoms with Crippen LogP contribution in [0.2, 0.25) is 0 Å². The molecule has 0 spiro atoms. The molecule has 1 heterocycles. The third-order valence-corrected chi connectivity index (χ3v) is 7.36. The van der Waals surface area contributed by atoms with Crippen LogP contribution in [0.25, 0.3) is 0 Å². The second-order valence-electron chi connectivity index (χ2n) is 10.4. The fourth-order valence-corrected chi connectivity index (χ4v) is 4.57. The Kier molecular flexibility index (Phi) is 15.0. The summed E-state index contributed by atoms with van der Waals surface area (Å²) in [6.07, 6.45) is 3.69. The quantitative estimate of drug-likeness (QED) is 0.0396. The van der Waals surface area contributed by atoms with Gasteiger partial charge in [-0.15, -0.1) is 0 Å². The number of nitrogens with zero attached hydrogens (tertiary/aromatic N) is 1. The first kappa shape index (κ1) is 35.9. The fraction of sp³-hybridized carbons (Fsp3) is 0.500. The Balaban J connectivity index is 2.22. The summed E-state index contributed by atoms with van der Waals surface area (Å²) in [6, 6.07) is 4.46. The van der Waals surface area contributed by atoms with Gasteiger partial charge in [-0.1, -0.05) is 30.3 Å². The van der Waals surface area contributed by atoms with Crippen molar-refractivity contribution in [1.29, 1.82) is 5.41 Å². The standard InChI is InChI=1S/C28H44N10O5S/c1-38-18(16-34-28(38)44)15-21(36-23(39)19(30)10-7-13-33-27(31)32)25(41)35-20(11-5-6-12-29)24(40)37-22(26(42)43)14-17-8-3-2-4-9-17/h2-4,8-9,16,19-22H,5-7,10-15,29-30H2,1H3,(H,34,44)(H,35,41)(H,36,39)(H,37,40)(H,42,43)(H4,31,32,33)/t19-,20+,21+,22+/m1/s1. The zero-order valence-electron chi connectivity index (χ0n) is 24.8.